The van der Waals surface area contributed by atoms with E-state index in [0.29, 0.717) is 6.04 Å². The van der Waals surface area contributed by atoms with E-state index in [2.05, 4.69) is 54.1 Å². The minimum atomic E-state index is 0.587. The van der Waals surface area contributed by atoms with Gasteiger partial charge in [0, 0.05) is 30.2 Å². The summed E-state index contributed by atoms with van der Waals surface area (Å²) in [5.74, 6) is 1.14. The number of hydrogen-bond donors (Lipinski definition) is 1. The van der Waals surface area contributed by atoms with Crippen molar-refractivity contribution in [3.05, 3.63) is 33.9 Å². The molecule has 0 spiro atoms. The molecular weight excluding hydrogens is 330 g/mol. The monoisotopic (exact) mass is 359 g/mol. The van der Waals surface area contributed by atoms with Crippen LogP contribution in [-0.4, -0.2) is 41.5 Å². The highest BCUT2D eigenvalue weighted by Crippen LogP contribution is 2.27. The first-order valence-electron chi connectivity index (χ1n) is 9.08. The smallest absolute Gasteiger partial charge is 0.131 e. The average molecular weight is 360 g/mol. The fourth-order valence-corrected chi connectivity index (χ4v) is 4.35. The molecule has 1 saturated heterocycles. The van der Waals surface area contributed by atoms with Crippen LogP contribution in [0.2, 0.25) is 0 Å². The first-order valence-corrected chi connectivity index (χ1v) is 9.90. The molecule has 2 aromatic rings. The van der Waals surface area contributed by atoms with Crippen molar-refractivity contribution in [1.29, 1.82) is 0 Å². The zero-order chi connectivity index (χ0) is 17.8. The van der Waals surface area contributed by atoms with Crippen molar-refractivity contribution in [3.8, 4) is 0 Å². The maximum absolute atomic E-state index is 4.75. The van der Waals surface area contributed by atoms with Crippen LogP contribution in [0, 0.1) is 6.92 Å². The van der Waals surface area contributed by atoms with E-state index in [-0.39, 0.29) is 0 Å². The predicted octanol–water partition coefficient (Wildman–Crippen LogP) is 3.90. The topological polar surface area (TPSA) is 44.3 Å². The maximum atomic E-state index is 4.75. The molecule has 1 aliphatic heterocycles. The van der Waals surface area contributed by atoms with Crippen LogP contribution in [-0.2, 0) is 13.1 Å². The lowest BCUT2D eigenvalue weighted by molar-refractivity contribution is 0.406. The molecule has 3 heterocycles. The van der Waals surface area contributed by atoms with E-state index in [9.17, 15) is 0 Å². The number of rotatable bonds is 6. The number of piperidine rings is 1. The Morgan fingerprint density at radius 1 is 1.28 bits per heavy atom. The first-order chi connectivity index (χ1) is 12.0. The van der Waals surface area contributed by atoms with Gasteiger partial charge >= 0.3 is 0 Å². The van der Waals surface area contributed by atoms with Crippen molar-refractivity contribution in [1.82, 2.24) is 14.9 Å². The quantitative estimate of drug-likeness (QED) is 0.847. The Bertz CT molecular complexity index is 697. The summed E-state index contributed by atoms with van der Waals surface area (Å²) >= 11 is 1.77. The summed E-state index contributed by atoms with van der Waals surface area (Å²) in [6, 6.07) is 2.79. The van der Waals surface area contributed by atoms with Crippen molar-refractivity contribution in [3.63, 3.8) is 0 Å². The van der Waals surface area contributed by atoms with Crippen LogP contribution in [0.1, 0.15) is 41.6 Å². The maximum Gasteiger partial charge on any atom is 0.131 e. The van der Waals surface area contributed by atoms with E-state index in [0.717, 1.165) is 36.1 Å². The molecule has 0 amide bonds. The molecule has 136 valence electrons. The minimum Gasteiger partial charge on any atom is -0.377 e. The third-order valence-corrected chi connectivity index (χ3v) is 5.62. The van der Waals surface area contributed by atoms with Gasteiger partial charge in [-0.25, -0.2) is 9.97 Å². The van der Waals surface area contributed by atoms with Gasteiger partial charge in [-0.05, 0) is 58.8 Å². The lowest BCUT2D eigenvalue weighted by Crippen LogP contribution is -2.38. The molecule has 1 N–H and O–H groups in total. The van der Waals surface area contributed by atoms with Gasteiger partial charge in [-0.3, -0.25) is 0 Å². The Hall–Kier alpha value is -1.66. The summed E-state index contributed by atoms with van der Waals surface area (Å²) in [5.41, 5.74) is 2.31. The predicted molar refractivity (Wildman–Crippen MR) is 106 cm³/mol. The SMILES string of the molecule is Cc1cc(NCc2ncc(CN(C)C)s2)cnc1N1CCCCC1C. The summed E-state index contributed by atoms with van der Waals surface area (Å²) < 4.78 is 0. The van der Waals surface area contributed by atoms with E-state index in [1.807, 2.05) is 12.4 Å². The largest absolute Gasteiger partial charge is 0.377 e. The van der Waals surface area contributed by atoms with Gasteiger partial charge in [0.25, 0.3) is 0 Å². The fourth-order valence-electron chi connectivity index (χ4n) is 3.37. The normalized spacial score (nSPS) is 18.0. The van der Waals surface area contributed by atoms with Gasteiger partial charge < -0.3 is 15.1 Å². The van der Waals surface area contributed by atoms with Crippen molar-refractivity contribution >= 4 is 22.8 Å². The van der Waals surface area contributed by atoms with Crippen molar-refractivity contribution in [2.75, 3.05) is 30.9 Å². The summed E-state index contributed by atoms with van der Waals surface area (Å²) in [7, 11) is 4.16. The summed E-state index contributed by atoms with van der Waals surface area (Å²) in [5, 5.41) is 4.58. The summed E-state index contributed by atoms with van der Waals surface area (Å²) in [6.45, 7) is 7.28. The number of nitrogens with one attached hydrogen (secondary N) is 1. The Labute approximate surface area is 155 Å². The van der Waals surface area contributed by atoms with Crippen LogP contribution < -0.4 is 10.2 Å². The zero-order valence-electron chi connectivity index (χ0n) is 15.7. The van der Waals surface area contributed by atoms with Gasteiger partial charge in [-0.1, -0.05) is 0 Å². The van der Waals surface area contributed by atoms with E-state index < -0.39 is 0 Å². The molecule has 3 rings (SSSR count). The first kappa shape index (κ1) is 18.1. The van der Waals surface area contributed by atoms with Gasteiger partial charge in [0.05, 0.1) is 18.4 Å². The molecule has 1 fully saturated rings. The van der Waals surface area contributed by atoms with Crippen LogP contribution >= 0.6 is 11.3 Å². The van der Waals surface area contributed by atoms with Crippen molar-refractivity contribution in [2.24, 2.45) is 0 Å². The number of hydrogen-bond acceptors (Lipinski definition) is 6. The molecule has 5 nitrogen and oxygen atoms in total. The number of pyridine rings is 1. The lowest BCUT2D eigenvalue weighted by Gasteiger charge is -2.35. The van der Waals surface area contributed by atoms with Gasteiger partial charge in [-0.15, -0.1) is 11.3 Å². The Morgan fingerprint density at radius 2 is 2.12 bits per heavy atom. The minimum absolute atomic E-state index is 0.587. The molecule has 2 aromatic heterocycles. The molecule has 6 heteroatoms. The van der Waals surface area contributed by atoms with Crippen LogP contribution in [0.3, 0.4) is 0 Å². The molecule has 1 aliphatic rings. The summed E-state index contributed by atoms with van der Waals surface area (Å²) in [6.07, 6.45) is 7.80. The highest BCUT2D eigenvalue weighted by Gasteiger charge is 2.21. The van der Waals surface area contributed by atoms with E-state index in [1.54, 1.807) is 11.3 Å². The van der Waals surface area contributed by atoms with Gasteiger partial charge in [0.15, 0.2) is 0 Å². The highest BCUT2D eigenvalue weighted by atomic mass is 32.1. The molecule has 25 heavy (non-hydrogen) atoms. The highest BCUT2D eigenvalue weighted by molar-refractivity contribution is 7.11. The molecule has 0 aliphatic carbocycles. The fraction of sp³-hybridized carbons (Fsp3) is 0.579. The second kappa shape index (κ2) is 8.15. The molecule has 0 bridgehead atoms. The molecule has 0 radical (unpaired) electrons. The number of anilines is 2. The second-order valence-electron chi connectivity index (χ2n) is 7.21. The lowest BCUT2D eigenvalue weighted by atomic mass is 10.0. The van der Waals surface area contributed by atoms with Crippen LogP contribution in [0.5, 0.6) is 0 Å². The van der Waals surface area contributed by atoms with Crippen LogP contribution in [0.25, 0.3) is 0 Å². The zero-order valence-corrected chi connectivity index (χ0v) is 16.6. The Morgan fingerprint density at radius 3 is 2.84 bits per heavy atom. The second-order valence-corrected chi connectivity index (χ2v) is 8.41. The van der Waals surface area contributed by atoms with E-state index in [4.69, 9.17) is 4.98 Å². The third-order valence-electron chi connectivity index (χ3n) is 4.64. The molecule has 0 saturated carbocycles. The van der Waals surface area contributed by atoms with Crippen LogP contribution in [0.15, 0.2) is 18.5 Å². The Kier molecular flexibility index (Phi) is 5.91. The average Bonchev–Trinajstić information content (AvgIpc) is 3.01. The number of thiazole rings is 1. The standard InChI is InChI=1S/C19H29N5S/c1-14-9-16(10-22-19(14)24-8-6-5-7-15(24)2)20-12-18-21-11-17(25-18)13-23(3)4/h9-11,15,20H,5-8,12-13H2,1-4H3. The molecular formula is C19H29N5S. The van der Waals surface area contributed by atoms with Crippen molar-refractivity contribution < 1.29 is 0 Å². The molecule has 1 unspecified atom stereocenters. The van der Waals surface area contributed by atoms with Gasteiger partial charge in [-0.2, -0.15) is 0 Å². The molecule has 0 aromatic carbocycles. The van der Waals surface area contributed by atoms with Crippen LogP contribution in [0.4, 0.5) is 11.5 Å². The number of nitrogens with zero attached hydrogens (tertiary/aromatic N) is 4. The van der Waals surface area contributed by atoms with E-state index >= 15 is 0 Å². The van der Waals surface area contributed by atoms with Crippen molar-refractivity contribution in [2.45, 2.75) is 52.2 Å². The third kappa shape index (κ3) is 4.70. The van der Waals surface area contributed by atoms with Gasteiger partial charge in [0.1, 0.15) is 10.8 Å². The van der Waals surface area contributed by atoms with E-state index in [1.165, 1.54) is 29.7 Å². The Balaban J connectivity index is 1.62. The molecule has 1 atom stereocenters. The summed E-state index contributed by atoms with van der Waals surface area (Å²) in [4.78, 5) is 15.2. The number of aryl methyl sites for hydroxylation is 1. The van der Waals surface area contributed by atoms with Gasteiger partial charge in [0.2, 0.25) is 0 Å². The number of aromatic nitrogens is 2.